The van der Waals surface area contributed by atoms with Crippen LogP contribution in [-0.4, -0.2) is 21.4 Å². The molecule has 0 aliphatic carbocycles. The van der Waals surface area contributed by atoms with Crippen molar-refractivity contribution in [2.24, 2.45) is 5.73 Å². The molecule has 2 heterocycles. The highest BCUT2D eigenvalue weighted by atomic mass is 32.2. The van der Waals surface area contributed by atoms with Gasteiger partial charge in [-0.25, -0.2) is 4.98 Å². The first-order valence-corrected chi connectivity index (χ1v) is 11.1. The number of rotatable bonds is 8. The van der Waals surface area contributed by atoms with Crippen molar-refractivity contribution in [3.8, 4) is 11.3 Å². The Hall–Kier alpha value is -2.70. The van der Waals surface area contributed by atoms with Gasteiger partial charge in [-0.1, -0.05) is 13.8 Å². The van der Waals surface area contributed by atoms with Gasteiger partial charge >= 0.3 is 0 Å². The minimum atomic E-state index is -0.422. The van der Waals surface area contributed by atoms with E-state index in [1.165, 1.54) is 4.90 Å². The van der Waals surface area contributed by atoms with E-state index in [-0.39, 0.29) is 0 Å². The first-order chi connectivity index (χ1) is 14.3. The van der Waals surface area contributed by atoms with Crippen molar-refractivity contribution in [2.75, 3.05) is 11.1 Å². The SMILES string of the molecule is CCSc1ccc(C(=N)CC)c(Nc2ccc(-c3cc(C(C)(C)N)ccn3)cn2)c1. The van der Waals surface area contributed by atoms with Crippen LogP contribution in [0.4, 0.5) is 11.5 Å². The molecule has 1 aromatic carbocycles. The fourth-order valence-corrected chi connectivity index (χ4v) is 3.78. The highest BCUT2D eigenvalue weighted by Gasteiger charge is 2.15. The van der Waals surface area contributed by atoms with Crippen LogP contribution in [0.25, 0.3) is 11.3 Å². The highest BCUT2D eigenvalue weighted by molar-refractivity contribution is 7.99. The summed E-state index contributed by atoms with van der Waals surface area (Å²) in [6.07, 6.45) is 4.28. The molecule has 0 amide bonds. The zero-order chi connectivity index (χ0) is 21.7. The van der Waals surface area contributed by atoms with E-state index < -0.39 is 5.54 Å². The predicted molar refractivity (Wildman–Crippen MR) is 128 cm³/mol. The van der Waals surface area contributed by atoms with Crippen LogP contribution < -0.4 is 11.1 Å². The van der Waals surface area contributed by atoms with E-state index >= 15 is 0 Å². The summed E-state index contributed by atoms with van der Waals surface area (Å²) >= 11 is 1.78. The zero-order valence-corrected chi connectivity index (χ0v) is 18.8. The van der Waals surface area contributed by atoms with Crippen molar-refractivity contribution >= 4 is 29.0 Å². The molecule has 0 aliphatic heterocycles. The second-order valence-corrected chi connectivity index (χ2v) is 9.02. The van der Waals surface area contributed by atoms with Crippen LogP contribution in [0.5, 0.6) is 0 Å². The lowest BCUT2D eigenvalue weighted by Crippen LogP contribution is -2.28. The van der Waals surface area contributed by atoms with Gasteiger partial charge in [0.25, 0.3) is 0 Å². The first kappa shape index (κ1) is 22.0. The van der Waals surface area contributed by atoms with Gasteiger partial charge in [-0.3, -0.25) is 4.98 Å². The van der Waals surface area contributed by atoms with Crippen molar-refractivity contribution in [1.29, 1.82) is 5.41 Å². The molecule has 0 saturated carbocycles. The Kier molecular flexibility index (Phi) is 6.90. The van der Waals surface area contributed by atoms with Crippen LogP contribution in [0, 0.1) is 5.41 Å². The number of pyridine rings is 2. The van der Waals surface area contributed by atoms with Gasteiger partial charge in [-0.2, -0.15) is 0 Å². The Morgan fingerprint density at radius 3 is 2.53 bits per heavy atom. The predicted octanol–water partition coefficient (Wildman–Crippen LogP) is 5.97. The third-order valence-electron chi connectivity index (χ3n) is 4.81. The molecule has 6 heteroatoms. The van der Waals surface area contributed by atoms with Gasteiger partial charge in [-0.05, 0) is 74.0 Å². The van der Waals surface area contributed by atoms with E-state index in [0.29, 0.717) is 12.1 Å². The number of thioether (sulfide) groups is 1. The lowest BCUT2D eigenvalue weighted by atomic mass is 9.95. The molecule has 0 radical (unpaired) electrons. The summed E-state index contributed by atoms with van der Waals surface area (Å²) in [5.74, 6) is 1.74. The van der Waals surface area contributed by atoms with Gasteiger partial charge in [0.05, 0.1) is 5.69 Å². The monoisotopic (exact) mass is 419 g/mol. The second-order valence-electron chi connectivity index (χ2n) is 7.68. The quantitative estimate of drug-likeness (QED) is 0.309. The molecule has 2 aromatic heterocycles. The molecule has 0 bridgehead atoms. The number of hydrogen-bond acceptors (Lipinski definition) is 6. The summed E-state index contributed by atoms with van der Waals surface area (Å²) in [5.41, 5.74) is 11.0. The average Bonchev–Trinajstić information content (AvgIpc) is 2.74. The summed E-state index contributed by atoms with van der Waals surface area (Å²) in [7, 11) is 0. The van der Waals surface area contributed by atoms with E-state index in [1.807, 2.05) is 57.3 Å². The van der Waals surface area contributed by atoms with Gasteiger partial charge in [0.15, 0.2) is 0 Å². The van der Waals surface area contributed by atoms with Crippen molar-refractivity contribution in [3.05, 3.63) is 66.0 Å². The molecule has 0 atom stereocenters. The number of aromatic nitrogens is 2. The molecule has 156 valence electrons. The van der Waals surface area contributed by atoms with Crippen molar-refractivity contribution in [1.82, 2.24) is 9.97 Å². The number of nitrogens with zero attached hydrogens (tertiary/aromatic N) is 2. The molecule has 0 aliphatic rings. The lowest BCUT2D eigenvalue weighted by Gasteiger charge is -2.19. The maximum atomic E-state index is 8.29. The molecule has 0 unspecified atom stereocenters. The summed E-state index contributed by atoms with van der Waals surface area (Å²) in [6, 6.07) is 14.1. The average molecular weight is 420 g/mol. The van der Waals surface area contributed by atoms with Crippen LogP contribution in [0.3, 0.4) is 0 Å². The largest absolute Gasteiger partial charge is 0.340 e. The Labute approximate surface area is 183 Å². The minimum absolute atomic E-state index is 0.422. The summed E-state index contributed by atoms with van der Waals surface area (Å²) in [4.78, 5) is 10.2. The van der Waals surface area contributed by atoms with E-state index in [9.17, 15) is 0 Å². The van der Waals surface area contributed by atoms with Crippen LogP contribution in [0.1, 0.15) is 45.2 Å². The number of hydrogen-bond donors (Lipinski definition) is 3. The van der Waals surface area contributed by atoms with Gasteiger partial charge in [0.1, 0.15) is 5.82 Å². The molecule has 0 spiro atoms. The number of nitrogens with one attached hydrogen (secondary N) is 2. The Balaban J connectivity index is 1.87. The molecular weight excluding hydrogens is 390 g/mol. The van der Waals surface area contributed by atoms with Gasteiger partial charge in [0, 0.05) is 45.4 Å². The molecule has 3 aromatic rings. The topological polar surface area (TPSA) is 87.7 Å². The highest BCUT2D eigenvalue weighted by Crippen LogP contribution is 2.29. The van der Waals surface area contributed by atoms with E-state index in [4.69, 9.17) is 11.1 Å². The third kappa shape index (κ3) is 5.26. The Bertz CT molecular complexity index is 1020. The Morgan fingerprint density at radius 1 is 1.10 bits per heavy atom. The molecule has 30 heavy (non-hydrogen) atoms. The van der Waals surface area contributed by atoms with Gasteiger partial charge in [-0.15, -0.1) is 11.8 Å². The molecule has 0 fully saturated rings. The maximum Gasteiger partial charge on any atom is 0.130 e. The standard InChI is InChI=1S/C24H29N5S/c1-5-20(25)19-9-8-18(30-6-2)14-22(19)29-23-10-7-16(15-28-23)21-13-17(11-12-27-21)24(3,4)26/h7-15,25H,5-6,26H2,1-4H3,(H,28,29). The molecule has 5 nitrogen and oxygen atoms in total. The van der Waals surface area contributed by atoms with Crippen molar-refractivity contribution < 1.29 is 0 Å². The fourth-order valence-electron chi connectivity index (χ4n) is 3.08. The van der Waals surface area contributed by atoms with E-state index in [2.05, 4.69) is 34.3 Å². The molecule has 3 rings (SSSR count). The smallest absolute Gasteiger partial charge is 0.130 e. The third-order valence-corrected chi connectivity index (χ3v) is 5.68. The number of benzene rings is 1. The number of nitrogens with two attached hydrogens (primary N) is 1. The van der Waals surface area contributed by atoms with E-state index in [1.54, 1.807) is 18.0 Å². The molecule has 4 N–H and O–H groups in total. The van der Waals surface area contributed by atoms with Crippen LogP contribution in [0.2, 0.25) is 0 Å². The summed E-state index contributed by atoms with van der Waals surface area (Å²) < 4.78 is 0. The lowest BCUT2D eigenvalue weighted by molar-refractivity contribution is 0.554. The molecular formula is C24H29N5S. The molecule has 0 saturated heterocycles. The van der Waals surface area contributed by atoms with Gasteiger partial charge in [0.2, 0.25) is 0 Å². The second kappa shape index (κ2) is 9.41. The van der Waals surface area contributed by atoms with Crippen LogP contribution in [0.15, 0.2) is 59.8 Å². The summed E-state index contributed by atoms with van der Waals surface area (Å²) in [6.45, 7) is 8.09. The van der Waals surface area contributed by atoms with Crippen molar-refractivity contribution in [2.45, 2.75) is 44.6 Å². The minimum Gasteiger partial charge on any atom is -0.340 e. The first-order valence-electron chi connectivity index (χ1n) is 10.1. The maximum absolute atomic E-state index is 8.29. The Morgan fingerprint density at radius 2 is 1.90 bits per heavy atom. The van der Waals surface area contributed by atoms with Crippen molar-refractivity contribution in [3.63, 3.8) is 0 Å². The van der Waals surface area contributed by atoms with Crippen LogP contribution in [-0.2, 0) is 5.54 Å². The van der Waals surface area contributed by atoms with Gasteiger partial charge < -0.3 is 16.5 Å². The normalized spacial score (nSPS) is 11.4. The summed E-state index contributed by atoms with van der Waals surface area (Å²) in [5, 5.41) is 11.7. The number of anilines is 2. The zero-order valence-electron chi connectivity index (χ0n) is 18.0. The van der Waals surface area contributed by atoms with Crippen LogP contribution >= 0.6 is 11.8 Å². The van der Waals surface area contributed by atoms with E-state index in [0.717, 1.165) is 39.6 Å². The fraction of sp³-hybridized carbons (Fsp3) is 0.292.